The van der Waals surface area contributed by atoms with Crippen LogP contribution in [-0.2, 0) is 0 Å². The largest absolute Gasteiger partial charge is 0.270 e. The summed E-state index contributed by atoms with van der Waals surface area (Å²) in [4.78, 5) is 12.2. The molecular weight excluding hydrogens is 380 g/mol. The lowest BCUT2D eigenvalue weighted by Gasteiger charge is -2.07. The minimum absolute atomic E-state index is 0.274. The van der Waals surface area contributed by atoms with Crippen molar-refractivity contribution < 1.29 is 4.79 Å². The summed E-state index contributed by atoms with van der Waals surface area (Å²) in [5.41, 5.74) is 5.95. The minimum Gasteiger partial charge on any atom is -0.267 e. The Morgan fingerprint density at radius 3 is 2.52 bits per heavy atom. The van der Waals surface area contributed by atoms with Gasteiger partial charge in [-0.05, 0) is 66.3 Å². The van der Waals surface area contributed by atoms with Crippen molar-refractivity contribution in [1.29, 1.82) is 0 Å². The van der Waals surface area contributed by atoms with E-state index in [4.69, 9.17) is 12.2 Å². The first-order chi connectivity index (χ1) is 11.0. The number of aryl methyl sites for hydroxylation is 1. The molecule has 0 aliphatic rings. The van der Waals surface area contributed by atoms with Gasteiger partial charge in [-0.25, -0.2) is 9.36 Å². The van der Waals surface area contributed by atoms with Crippen molar-refractivity contribution >= 4 is 34.1 Å². The second-order valence-corrected chi connectivity index (χ2v) is 6.10. The summed E-state index contributed by atoms with van der Waals surface area (Å²) in [6, 6.07) is 7.16. The number of aromatic nitrogens is 5. The van der Waals surface area contributed by atoms with E-state index in [1.807, 2.05) is 30.7 Å². The van der Waals surface area contributed by atoms with E-state index in [9.17, 15) is 4.79 Å². The molecule has 0 atom stereocenters. The number of H-pyrrole nitrogens is 1. The minimum atomic E-state index is -0.274. The summed E-state index contributed by atoms with van der Waals surface area (Å²) in [5, 5.41) is 10.8. The lowest BCUT2D eigenvalue weighted by molar-refractivity contribution is 0.101. The molecular formula is C14H13BrN6OS. The van der Waals surface area contributed by atoms with Gasteiger partial charge in [-0.15, -0.1) is 0 Å². The summed E-state index contributed by atoms with van der Waals surface area (Å²) < 4.78 is 4.48. The average molecular weight is 393 g/mol. The third-order valence-electron chi connectivity index (χ3n) is 3.35. The van der Waals surface area contributed by atoms with Crippen LogP contribution in [0.15, 0.2) is 35.1 Å². The number of hydrogen-bond donors (Lipinski definition) is 2. The van der Waals surface area contributed by atoms with Gasteiger partial charge in [0.05, 0.1) is 21.5 Å². The highest BCUT2D eigenvalue weighted by molar-refractivity contribution is 9.10. The Morgan fingerprint density at radius 2 is 2.00 bits per heavy atom. The monoisotopic (exact) mass is 392 g/mol. The molecule has 7 nitrogen and oxygen atoms in total. The van der Waals surface area contributed by atoms with Crippen LogP contribution >= 0.6 is 28.1 Å². The summed E-state index contributed by atoms with van der Waals surface area (Å²) >= 11 is 8.49. The Bertz CT molecular complexity index is 924. The highest BCUT2D eigenvalue weighted by Gasteiger charge is 2.11. The molecule has 2 aromatic heterocycles. The second kappa shape index (κ2) is 6.09. The fourth-order valence-corrected chi connectivity index (χ4v) is 2.52. The van der Waals surface area contributed by atoms with Gasteiger partial charge in [0.1, 0.15) is 6.33 Å². The third kappa shape index (κ3) is 2.97. The molecule has 0 aliphatic heterocycles. The second-order valence-electron chi connectivity index (χ2n) is 4.92. The van der Waals surface area contributed by atoms with Crippen LogP contribution in [0.1, 0.15) is 21.7 Å². The van der Waals surface area contributed by atoms with E-state index in [0.717, 1.165) is 21.5 Å². The van der Waals surface area contributed by atoms with Gasteiger partial charge in [-0.2, -0.15) is 10.2 Å². The van der Waals surface area contributed by atoms with Crippen LogP contribution in [0.25, 0.3) is 5.69 Å². The van der Waals surface area contributed by atoms with Gasteiger partial charge in [0, 0.05) is 5.56 Å². The molecule has 0 spiro atoms. The molecule has 0 unspecified atom stereocenters. The number of halogens is 1. The number of benzene rings is 1. The maximum absolute atomic E-state index is 12.2. The Balaban J connectivity index is 1.84. The van der Waals surface area contributed by atoms with E-state index in [-0.39, 0.29) is 5.91 Å². The van der Waals surface area contributed by atoms with Crippen LogP contribution < -0.4 is 5.43 Å². The van der Waals surface area contributed by atoms with Gasteiger partial charge in [0.2, 0.25) is 4.77 Å². The van der Waals surface area contributed by atoms with E-state index in [2.05, 4.69) is 36.7 Å². The molecule has 3 aromatic rings. The first kappa shape index (κ1) is 15.6. The lowest BCUT2D eigenvalue weighted by atomic mass is 10.2. The maximum Gasteiger partial charge on any atom is 0.270 e. The van der Waals surface area contributed by atoms with E-state index >= 15 is 0 Å². The molecule has 0 fully saturated rings. The molecule has 2 heterocycles. The van der Waals surface area contributed by atoms with E-state index in [1.165, 1.54) is 11.0 Å². The number of rotatable bonds is 3. The van der Waals surface area contributed by atoms with Gasteiger partial charge < -0.3 is 0 Å². The molecule has 3 rings (SSSR count). The predicted molar refractivity (Wildman–Crippen MR) is 91.8 cm³/mol. The predicted octanol–water partition coefficient (Wildman–Crippen LogP) is 2.89. The fourth-order valence-electron chi connectivity index (χ4n) is 2.13. The average Bonchev–Trinajstić information content (AvgIpc) is 3.06. The quantitative estimate of drug-likeness (QED) is 0.671. The van der Waals surface area contributed by atoms with Gasteiger partial charge in [-0.3, -0.25) is 15.3 Å². The molecule has 1 amide bonds. The smallest absolute Gasteiger partial charge is 0.267 e. The molecule has 2 N–H and O–H groups in total. The Labute approximate surface area is 145 Å². The fraction of sp³-hybridized carbons (Fsp3) is 0.143. The number of carbonyl (C=O) groups is 1. The van der Waals surface area contributed by atoms with Crippen molar-refractivity contribution in [2.75, 3.05) is 5.43 Å². The highest BCUT2D eigenvalue weighted by Crippen LogP contribution is 2.23. The number of aromatic amines is 1. The van der Waals surface area contributed by atoms with Crippen molar-refractivity contribution in [2.45, 2.75) is 13.8 Å². The first-order valence-corrected chi connectivity index (χ1v) is 7.93. The number of hydrogen-bond acceptors (Lipinski definition) is 4. The summed E-state index contributed by atoms with van der Waals surface area (Å²) in [6.07, 6.45) is 1.40. The zero-order chi connectivity index (χ0) is 16.6. The zero-order valence-electron chi connectivity index (χ0n) is 12.4. The molecule has 23 heavy (non-hydrogen) atoms. The van der Waals surface area contributed by atoms with Crippen LogP contribution in [-0.4, -0.2) is 30.6 Å². The van der Waals surface area contributed by atoms with Crippen molar-refractivity contribution in [3.63, 3.8) is 0 Å². The topological polar surface area (TPSA) is 80.5 Å². The number of amides is 1. The van der Waals surface area contributed by atoms with Crippen LogP contribution in [0, 0.1) is 18.6 Å². The van der Waals surface area contributed by atoms with Crippen LogP contribution in [0.4, 0.5) is 0 Å². The van der Waals surface area contributed by atoms with Gasteiger partial charge >= 0.3 is 0 Å². The summed E-state index contributed by atoms with van der Waals surface area (Å²) in [5.74, 6) is -0.274. The van der Waals surface area contributed by atoms with Gasteiger partial charge in [0.15, 0.2) is 0 Å². The van der Waals surface area contributed by atoms with Crippen LogP contribution in [0.2, 0.25) is 0 Å². The molecule has 1 aromatic carbocycles. The van der Waals surface area contributed by atoms with Crippen molar-refractivity contribution in [3.05, 3.63) is 56.8 Å². The number of carbonyl (C=O) groups excluding carboxylic acids is 1. The Morgan fingerprint density at radius 1 is 1.30 bits per heavy atom. The van der Waals surface area contributed by atoms with Crippen LogP contribution in [0.3, 0.4) is 0 Å². The van der Waals surface area contributed by atoms with E-state index in [1.54, 1.807) is 12.1 Å². The van der Waals surface area contributed by atoms with E-state index < -0.39 is 0 Å². The molecule has 0 saturated carbocycles. The summed E-state index contributed by atoms with van der Waals surface area (Å²) in [7, 11) is 0. The van der Waals surface area contributed by atoms with E-state index in [0.29, 0.717) is 10.3 Å². The SMILES string of the molecule is Cc1nn(-c2ccc(C(=O)Nn3cn[nH]c3=S)cc2)c(C)c1Br. The van der Waals surface area contributed by atoms with Crippen molar-refractivity contribution in [3.8, 4) is 5.69 Å². The Hall–Kier alpha value is -2.26. The molecule has 0 saturated heterocycles. The zero-order valence-corrected chi connectivity index (χ0v) is 14.8. The van der Waals surface area contributed by atoms with Crippen molar-refractivity contribution in [1.82, 2.24) is 24.7 Å². The molecule has 0 aliphatic carbocycles. The first-order valence-electron chi connectivity index (χ1n) is 6.73. The lowest BCUT2D eigenvalue weighted by Crippen LogP contribution is -2.22. The Kier molecular flexibility index (Phi) is 4.14. The third-order valence-corrected chi connectivity index (χ3v) is 4.79. The maximum atomic E-state index is 12.2. The molecule has 0 radical (unpaired) electrons. The van der Waals surface area contributed by atoms with Crippen LogP contribution in [0.5, 0.6) is 0 Å². The standard InChI is InChI=1S/C14H13BrN6OS/c1-8-12(15)9(2)21(18-8)11-5-3-10(4-6-11)13(22)19-20-7-16-17-14(20)23/h3-7H,1-2H3,(H,17,23)(H,19,22). The molecule has 9 heteroatoms. The highest BCUT2D eigenvalue weighted by atomic mass is 79.9. The van der Waals surface area contributed by atoms with Gasteiger partial charge in [-0.1, -0.05) is 0 Å². The normalized spacial score (nSPS) is 10.7. The molecule has 118 valence electrons. The van der Waals surface area contributed by atoms with Crippen molar-refractivity contribution in [2.24, 2.45) is 0 Å². The summed E-state index contributed by atoms with van der Waals surface area (Å²) in [6.45, 7) is 3.91. The number of nitrogens with zero attached hydrogens (tertiary/aromatic N) is 4. The molecule has 0 bridgehead atoms. The number of nitrogens with one attached hydrogen (secondary N) is 2. The van der Waals surface area contributed by atoms with Gasteiger partial charge in [0.25, 0.3) is 5.91 Å².